The first-order valence-electron chi connectivity index (χ1n) is 7.56. The third-order valence-corrected chi connectivity index (χ3v) is 3.51. The van der Waals surface area contributed by atoms with E-state index in [4.69, 9.17) is 5.73 Å². The van der Waals surface area contributed by atoms with Crippen LogP contribution in [0, 0.1) is 0 Å². The first-order chi connectivity index (χ1) is 10.6. The van der Waals surface area contributed by atoms with Crippen LogP contribution in [0.2, 0.25) is 0 Å². The van der Waals surface area contributed by atoms with Crippen LogP contribution >= 0.6 is 12.4 Å². The molecule has 5 heteroatoms. The van der Waals surface area contributed by atoms with Crippen LogP contribution in [-0.4, -0.2) is 18.5 Å². The second kappa shape index (κ2) is 9.18. The van der Waals surface area contributed by atoms with Crippen molar-refractivity contribution >= 4 is 29.7 Å². The number of nitrogens with two attached hydrogens (primary N) is 1. The molecule has 0 aromatic heterocycles. The van der Waals surface area contributed by atoms with Crippen LogP contribution in [0.4, 0.5) is 11.4 Å². The molecular weight excluding hydrogens is 310 g/mol. The second-order valence-corrected chi connectivity index (χ2v) is 5.25. The molecule has 23 heavy (non-hydrogen) atoms. The lowest BCUT2D eigenvalue weighted by Gasteiger charge is -2.23. The Bertz CT molecular complexity index is 599. The summed E-state index contributed by atoms with van der Waals surface area (Å²) in [5.74, 6) is -0.136. The van der Waals surface area contributed by atoms with Crippen LogP contribution < -0.4 is 16.0 Å². The van der Waals surface area contributed by atoms with Crippen LogP contribution in [-0.2, 0) is 11.3 Å². The standard InChI is InChI=1S/C18H23N3O.ClH/c1-3-21(16-7-5-4-6-8-16)17-11-9-15(10-12-17)13-20-18(22)14(2)19;/h4-12,14H,3,13,19H2,1-2H3,(H,20,22);1H/t14-;/m0./s1. The van der Waals surface area contributed by atoms with Gasteiger partial charge in [0, 0.05) is 24.5 Å². The van der Waals surface area contributed by atoms with Gasteiger partial charge in [-0.25, -0.2) is 0 Å². The fourth-order valence-corrected chi connectivity index (χ4v) is 2.27. The summed E-state index contributed by atoms with van der Waals surface area (Å²) in [6.07, 6.45) is 0. The molecule has 0 saturated heterocycles. The summed E-state index contributed by atoms with van der Waals surface area (Å²) in [7, 11) is 0. The highest BCUT2D eigenvalue weighted by Crippen LogP contribution is 2.24. The highest BCUT2D eigenvalue weighted by molar-refractivity contribution is 5.85. The molecule has 0 saturated carbocycles. The Balaban J connectivity index is 0.00000264. The molecule has 2 aromatic carbocycles. The van der Waals surface area contributed by atoms with Gasteiger partial charge in [0.25, 0.3) is 0 Å². The van der Waals surface area contributed by atoms with E-state index >= 15 is 0 Å². The number of carbonyl (C=O) groups is 1. The normalized spacial score (nSPS) is 11.3. The van der Waals surface area contributed by atoms with Crippen LogP contribution in [0.15, 0.2) is 54.6 Å². The van der Waals surface area contributed by atoms with E-state index in [1.165, 1.54) is 5.69 Å². The summed E-state index contributed by atoms with van der Waals surface area (Å²) in [6, 6.07) is 18.0. The molecule has 2 rings (SSSR count). The van der Waals surface area contributed by atoms with E-state index in [0.717, 1.165) is 17.8 Å². The molecule has 0 aliphatic heterocycles. The zero-order valence-corrected chi connectivity index (χ0v) is 14.3. The summed E-state index contributed by atoms with van der Waals surface area (Å²) in [5, 5.41) is 2.82. The van der Waals surface area contributed by atoms with Crippen molar-refractivity contribution < 1.29 is 4.79 Å². The number of para-hydroxylation sites is 1. The number of halogens is 1. The largest absolute Gasteiger partial charge is 0.351 e. The Hall–Kier alpha value is -2.04. The van der Waals surface area contributed by atoms with Crippen LogP contribution in [0.25, 0.3) is 0 Å². The zero-order valence-electron chi connectivity index (χ0n) is 13.5. The Labute approximate surface area is 144 Å². The van der Waals surface area contributed by atoms with Crippen molar-refractivity contribution in [1.82, 2.24) is 5.32 Å². The summed E-state index contributed by atoms with van der Waals surface area (Å²) in [4.78, 5) is 13.7. The average molecular weight is 334 g/mol. The summed E-state index contributed by atoms with van der Waals surface area (Å²) >= 11 is 0. The van der Waals surface area contributed by atoms with Crippen molar-refractivity contribution in [2.75, 3.05) is 11.4 Å². The highest BCUT2D eigenvalue weighted by Gasteiger charge is 2.08. The monoisotopic (exact) mass is 333 g/mol. The van der Waals surface area contributed by atoms with Crippen LogP contribution in [0.3, 0.4) is 0 Å². The van der Waals surface area contributed by atoms with Gasteiger partial charge in [-0.1, -0.05) is 30.3 Å². The van der Waals surface area contributed by atoms with Gasteiger partial charge in [-0.05, 0) is 43.7 Å². The van der Waals surface area contributed by atoms with Gasteiger partial charge in [0.15, 0.2) is 0 Å². The number of carbonyl (C=O) groups excluding carboxylic acids is 1. The summed E-state index contributed by atoms with van der Waals surface area (Å²) in [6.45, 7) is 5.20. The van der Waals surface area contributed by atoms with E-state index in [1.54, 1.807) is 6.92 Å². The molecule has 0 heterocycles. The molecule has 1 atom stereocenters. The molecule has 0 aliphatic rings. The maximum atomic E-state index is 11.5. The molecule has 0 radical (unpaired) electrons. The molecule has 0 bridgehead atoms. The fraction of sp³-hybridized carbons (Fsp3) is 0.278. The van der Waals surface area contributed by atoms with E-state index < -0.39 is 6.04 Å². The predicted octanol–water partition coefficient (Wildman–Crippen LogP) is 3.23. The molecule has 0 spiro atoms. The maximum Gasteiger partial charge on any atom is 0.236 e. The summed E-state index contributed by atoms with van der Waals surface area (Å²) < 4.78 is 0. The molecule has 0 aliphatic carbocycles. The van der Waals surface area contributed by atoms with Crippen LogP contribution in [0.1, 0.15) is 19.4 Å². The molecule has 4 nitrogen and oxygen atoms in total. The quantitative estimate of drug-likeness (QED) is 0.853. The number of hydrogen-bond donors (Lipinski definition) is 2. The van der Waals surface area contributed by atoms with Gasteiger partial charge in [-0.15, -0.1) is 12.4 Å². The Morgan fingerprint density at radius 3 is 2.17 bits per heavy atom. The average Bonchev–Trinajstić information content (AvgIpc) is 2.55. The van der Waals surface area contributed by atoms with E-state index in [9.17, 15) is 4.79 Å². The summed E-state index contributed by atoms with van der Waals surface area (Å²) in [5.41, 5.74) is 8.89. The van der Waals surface area contributed by atoms with Crippen molar-refractivity contribution in [2.45, 2.75) is 26.4 Å². The lowest BCUT2D eigenvalue weighted by molar-refractivity contribution is -0.122. The van der Waals surface area contributed by atoms with E-state index in [2.05, 4.69) is 41.4 Å². The molecule has 1 amide bonds. The molecule has 2 aromatic rings. The number of hydrogen-bond acceptors (Lipinski definition) is 3. The molecule has 3 N–H and O–H groups in total. The van der Waals surface area contributed by atoms with Gasteiger partial charge in [-0.3, -0.25) is 4.79 Å². The van der Waals surface area contributed by atoms with E-state index in [1.807, 2.05) is 30.3 Å². The van der Waals surface area contributed by atoms with Crippen molar-refractivity contribution in [3.8, 4) is 0 Å². The maximum absolute atomic E-state index is 11.5. The molecular formula is C18H24ClN3O. The molecule has 0 fully saturated rings. The van der Waals surface area contributed by atoms with Gasteiger partial charge >= 0.3 is 0 Å². The van der Waals surface area contributed by atoms with Gasteiger partial charge < -0.3 is 16.0 Å². The number of nitrogens with zero attached hydrogens (tertiary/aromatic N) is 1. The third kappa shape index (κ3) is 5.27. The lowest BCUT2D eigenvalue weighted by atomic mass is 10.1. The number of benzene rings is 2. The first kappa shape index (κ1) is 19.0. The Kier molecular flexibility index (Phi) is 7.59. The van der Waals surface area contributed by atoms with Gasteiger partial charge in [-0.2, -0.15) is 0 Å². The van der Waals surface area contributed by atoms with Crippen molar-refractivity contribution in [3.63, 3.8) is 0 Å². The van der Waals surface area contributed by atoms with Crippen LogP contribution in [0.5, 0.6) is 0 Å². The number of nitrogens with one attached hydrogen (secondary N) is 1. The zero-order chi connectivity index (χ0) is 15.9. The van der Waals surface area contributed by atoms with Crippen molar-refractivity contribution in [1.29, 1.82) is 0 Å². The Morgan fingerprint density at radius 2 is 1.65 bits per heavy atom. The van der Waals surface area contributed by atoms with Gasteiger partial charge in [0.05, 0.1) is 6.04 Å². The van der Waals surface area contributed by atoms with Crippen molar-refractivity contribution in [2.24, 2.45) is 5.73 Å². The first-order valence-corrected chi connectivity index (χ1v) is 7.56. The SMILES string of the molecule is CCN(c1ccccc1)c1ccc(CNC(=O)[C@H](C)N)cc1.Cl. The minimum absolute atomic E-state index is 0. The second-order valence-electron chi connectivity index (χ2n) is 5.25. The number of rotatable bonds is 6. The minimum Gasteiger partial charge on any atom is -0.351 e. The Morgan fingerprint density at radius 1 is 1.09 bits per heavy atom. The smallest absolute Gasteiger partial charge is 0.236 e. The van der Waals surface area contributed by atoms with Crippen molar-refractivity contribution in [3.05, 3.63) is 60.2 Å². The fourth-order valence-electron chi connectivity index (χ4n) is 2.27. The van der Waals surface area contributed by atoms with E-state index in [0.29, 0.717) is 6.54 Å². The highest BCUT2D eigenvalue weighted by atomic mass is 35.5. The van der Waals surface area contributed by atoms with E-state index in [-0.39, 0.29) is 18.3 Å². The predicted molar refractivity (Wildman–Crippen MR) is 98.3 cm³/mol. The topological polar surface area (TPSA) is 58.4 Å². The molecule has 124 valence electrons. The number of anilines is 2. The van der Waals surface area contributed by atoms with Gasteiger partial charge in [0.2, 0.25) is 5.91 Å². The third-order valence-electron chi connectivity index (χ3n) is 3.51. The molecule has 0 unspecified atom stereocenters. The minimum atomic E-state index is -0.479. The van der Waals surface area contributed by atoms with Gasteiger partial charge in [0.1, 0.15) is 0 Å². The lowest BCUT2D eigenvalue weighted by Crippen LogP contribution is -2.37. The number of amides is 1.